The van der Waals surface area contributed by atoms with Gasteiger partial charge in [-0.15, -0.1) is 0 Å². The lowest BCUT2D eigenvalue weighted by Crippen LogP contribution is -2.16. The van der Waals surface area contributed by atoms with Gasteiger partial charge in [0.2, 0.25) is 10.9 Å². The summed E-state index contributed by atoms with van der Waals surface area (Å²) in [6.07, 6.45) is 23.3. The van der Waals surface area contributed by atoms with Crippen molar-refractivity contribution in [2.24, 2.45) is 0 Å². The highest BCUT2D eigenvalue weighted by Crippen LogP contribution is 2.48. The summed E-state index contributed by atoms with van der Waals surface area (Å²) in [5, 5.41) is 22.3. The fraction of sp³-hybridized carbons (Fsp3) is 0.632. The summed E-state index contributed by atoms with van der Waals surface area (Å²) in [6.45, 7) is 1.85. The number of ether oxygens (including phenoxy) is 2. The van der Waals surface area contributed by atoms with Gasteiger partial charge in [-0.1, -0.05) is 103 Å². The molecule has 0 unspecified atom stereocenters. The van der Waals surface area contributed by atoms with Crippen molar-refractivity contribution >= 4 is 32.3 Å². The summed E-state index contributed by atoms with van der Waals surface area (Å²) in [6, 6.07) is 7.41. The molecule has 4 aromatic rings. The maximum absolute atomic E-state index is 12.6. The molecule has 0 amide bonds. The Hall–Kier alpha value is -2.70. The fourth-order valence-corrected chi connectivity index (χ4v) is 6.63. The van der Waals surface area contributed by atoms with Crippen molar-refractivity contribution in [1.82, 2.24) is 0 Å². The zero-order valence-corrected chi connectivity index (χ0v) is 26.8. The van der Waals surface area contributed by atoms with Gasteiger partial charge in [-0.2, -0.15) is 0 Å². The van der Waals surface area contributed by atoms with Crippen LogP contribution in [0.15, 0.2) is 33.9 Å². The largest absolute Gasteiger partial charge is 0.489 e. The molecule has 242 valence electrons. The van der Waals surface area contributed by atoms with E-state index in [4.69, 9.17) is 19.7 Å². The van der Waals surface area contributed by atoms with E-state index in [2.05, 4.69) is 0 Å². The Labute approximate surface area is 262 Å². The summed E-state index contributed by atoms with van der Waals surface area (Å²) in [5.41, 5.74) is -0.841. The Bertz CT molecular complexity index is 1340. The lowest BCUT2D eigenvalue weighted by atomic mass is 10.0. The number of benzene rings is 2. The van der Waals surface area contributed by atoms with Crippen molar-refractivity contribution in [2.75, 3.05) is 26.4 Å². The maximum atomic E-state index is 12.6. The first kappa shape index (κ1) is 34.2. The van der Waals surface area contributed by atoms with Gasteiger partial charge in [0.05, 0.1) is 13.2 Å². The van der Waals surface area contributed by atoms with Gasteiger partial charge in [-0.05, 0) is 49.9 Å². The van der Waals surface area contributed by atoms with E-state index in [1.54, 1.807) is 12.1 Å². The molecule has 6 nitrogen and oxygen atoms in total. The molecule has 0 saturated heterocycles. The van der Waals surface area contributed by atoms with Crippen LogP contribution in [0.5, 0.6) is 11.5 Å². The minimum atomic E-state index is -0.421. The Morgan fingerprint density at radius 2 is 0.659 bits per heavy atom. The molecule has 0 bridgehead atoms. The number of aliphatic hydroxyl groups excluding tert-OH is 2. The van der Waals surface area contributed by atoms with Crippen LogP contribution in [0.25, 0.3) is 32.3 Å². The second kappa shape index (κ2) is 19.0. The first-order chi connectivity index (χ1) is 21.7. The molecule has 4 aromatic carbocycles. The van der Waals surface area contributed by atoms with Crippen LogP contribution in [0.4, 0.5) is 0 Å². The molecular formula is C38H54O6. The van der Waals surface area contributed by atoms with Crippen LogP contribution in [0.2, 0.25) is 0 Å². The highest BCUT2D eigenvalue weighted by atomic mass is 16.5. The van der Waals surface area contributed by atoms with E-state index in [1.165, 1.54) is 77.0 Å². The molecule has 0 atom stereocenters. The summed E-state index contributed by atoms with van der Waals surface area (Å²) >= 11 is 0. The fourth-order valence-electron chi connectivity index (χ4n) is 6.63. The molecule has 0 aromatic heterocycles. The van der Waals surface area contributed by atoms with E-state index in [1.807, 2.05) is 12.1 Å². The Morgan fingerprint density at radius 1 is 0.386 bits per heavy atom. The predicted molar refractivity (Wildman–Crippen MR) is 183 cm³/mol. The second-order valence-corrected chi connectivity index (χ2v) is 12.6. The van der Waals surface area contributed by atoms with Gasteiger partial charge >= 0.3 is 0 Å². The summed E-state index contributed by atoms with van der Waals surface area (Å²) < 4.78 is 12.9. The second-order valence-electron chi connectivity index (χ2n) is 12.6. The van der Waals surface area contributed by atoms with Crippen LogP contribution in [0, 0.1) is 0 Å². The molecule has 0 aliphatic carbocycles. The van der Waals surface area contributed by atoms with Crippen LogP contribution in [0.1, 0.15) is 128 Å². The quantitative estimate of drug-likeness (QED) is 0.0548. The Kier molecular flexibility index (Phi) is 14.7. The number of rotatable bonds is 26. The maximum Gasteiger partial charge on any atom is 0.234 e. The topological polar surface area (TPSA) is 93.1 Å². The third-order valence-corrected chi connectivity index (χ3v) is 9.15. The van der Waals surface area contributed by atoms with Crippen LogP contribution >= 0.6 is 0 Å². The summed E-state index contributed by atoms with van der Waals surface area (Å²) in [7, 11) is 0. The van der Waals surface area contributed by atoms with Gasteiger partial charge in [-0.25, -0.2) is 0 Å². The van der Waals surface area contributed by atoms with Gasteiger partial charge in [0, 0.05) is 45.5 Å². The lowest BCUT2D eigenvalue weighted by Gasteiger charge is -2.11. The minimum Gasteiger partial charge on any atom is -0.489 e. The van der Waals surface area contributed by atoms with Crippen molar-refractivity contribution in [3.8, 4) is 11.5 Å². The average molecular weight is 607 g/mol. The van der Waals surface area contributed by atoms with E-state index < -0.39 is 10.9 Å². The van der Waals surface area contributed by atoms with Gasteiger partial charge in [0.25, 0.3) is 0 Å². The lowest BCUT2D eigenvalue weighted by molar-refractivity contribution is 0.264. The van der Waals surface area contributed by atoms with E-state index in [0.29, 0.717) is 37.2 Å². The molecule has 6 heteroatoms. The van der Waals surface area contributed by atoms with E-state index in [9.17, 15) is 9.59 Å². The number of aliphatic hydroxyl groups is 2. The standard InChI is InChI=1S/C38H54O6/c39-25-17-13-9-5-1-3-7-11-15-19-27-43-37-31-23-21-29-33-30(36(42)35(29)41)22-24-32(34(31)33)38(37)44-28-20-16-12-8-4-2-6-10-14-18-26-40/h21-24,39-40H,1-20,25-28H2. The van der Waals surface area contributed by atoms with E-state index in [0.717, 1.165) is 84.4 Å². The zero-order valence-electron chi connectivity index (χ0n) is 26.8. The molecule has 0 saturated carbocycles. The SMILES string of the molecule is O=c1c(=O)c2ccc3c(OCCCCCCCCCCCCO)c(OCCCCCCCCCCCCO)c4ccc1c2c43. The third kappa shape index (κ3) is 9.17. The normalized spacial score (nSPS) is 12.0. The van der Waals surface area contributed by atoms with Crippen LogP contribution < -0.4 is 20.3 Å². The summed E-state index contributed by atoms with van der Waals surface area (Å²) in [5.74, 6) is 1.50. The van der Waals surface area contributed by atoms with E-state index in [-0.39, 0.29) is 0 Å². The van der Waals surface area contributed by atoms with Crippen molar-refractivity contribution in [2.45, 2.75) is 128 Å². The number of hydrogen-bond donors (Lipinski definition) is 2. The molecule has 4 rings (SSSR count). The predicted octanol–water partition coefficient (Wildman–Crippen LogP) is 8.72. The Morgan fingerprint density at radius 3 is 1.00 bits per heavy atom. The minimum absolute atomic E-state index is 0.309. The van der Waals surface area contributed by atoms with Crippen molar-refractivity contribution in [1.29, 1.82) is 0 Å². The van der Waals surface area contributed by atoms with E-state index >= 15 is 0 Å². The average Bonchev–Trinajstić information content (AvgIpc) is 3.47. The molecule has 0 aliphatic rings. The number of hydrogen-bond acceptors (Lipinski definition) is 6. The Balaban J connectivity index is 1.28. The molecule has 0 heterocycles. The molecule has 44 heavy (non-hydrogen) atoms. The first-order valence-electron chi connectivity index (χ1n) is 17.6. The van der Waals surface area contributed by atoms with Crippen molar-refractivity contribution in [3.63, 3.8) is 0 Å². The third-order valence-electron chi connectivity index (χ3n) is 9.15. The van der Waals surface area contributed by atoms with Gasteiger partial charge in [0.1, 0.15) is 0 Å². The molecule has 0 radical (unpaired) electrons. The van der Waals surface area contributed by atoms with Crippen molar-refractivity contribution in [3.05, 3.63) is 44.7 Å². The van der Waals surface area contributed by atoms with Crippen LogP contribution in [0.3, 0.4) is 0 Å². The first-order valence-corrected chi connectivity index (χ1v) is 17.6. The highest BCUT2D eigenvalue weighted by Gasteiger charge is 2.25. The van der Waals surface area contributed by atoms with Crippen molar-refractivity contribution < 1.29 is 19.7 Å². The number of unbranched alkanes of at least 4 members (excludes halogenated alkanes) is 18. The molecule has 2 N–H and O–H groups in total. The molecule has 0 fully saturated rings. The molecular weight excluding hydrogens is 552 g/mol. The van der Waals surface area contributed by atoms with Gasteiger partial charge in [-0.3, -0.25) is 9.59 Å². The van der Waals surface area contributed by atoms with Gasteiger partial charge < -0.3 is 19.7 Å². The van der Waals surface area contributed by atoms with Gasteiger partial charge in [0.15, 0.2) is 11.5 Å². The highest BCUT2D eigenvalue weighted by molar-refractivity contribution is 6.28. The smallest absolute Gasteiger partial charge is 0.234 e. The molecule has 0 spiro atoms. The zero-order chi connectivity index (χ0) is 31.0. The molecule has 0 aliphatic heterocycles. The van der Waals surface area contributed by atoms with Crippen LogP contribution in [-0.4, -0.2) is 36.6 Å². The summed E-state index contributed by atoms with van der Waals surface area (Å²) in [4.78, 5) is 25.3. The van der Waals surface area contributed by atoms with Crippen LogP contribution in [-0.2, 0) is 0 Å². The monoisotopic (exact) mass is 606 g/mol.